The maximum atomic E-state index is 11.5. The van der Waals surface area contributed by atoms with Crippen molar-refractivity contribution >= 4 is 11.6 Å². The number of carbonyl (C=O) groups is 1. The summed E-state index contributed by atoms with van der Waals surface area (Å²) in [5, 5.41) is 12.0. The Morgan fingerprint density at radius 2 is 2.21 bits per heavy atom. The quantitative estimate of drug-likeness (QED) is 0.731. The summed E-state index contributed by atoms with van der Waals surface area (Å²) in [5.74, 6) is 1.62. The number of benzene rings is 2. The molecule has 0 bridgehead atoms. The summed E-state index contributed by atoms with van der Waals surface area (Å²) in [4.78, 5) is 11.5. The number of nitrogen functional groups attached to an aromatic ring is 1. The molecule has 1 aliphatic rings. The Kier molecular flexibility index (Phi) is 4.46. The lowest BCUT2D eigenvalue weighted by Crippen LogP contribution is -2.20. The number of nitrogens with two attached hydrogens (primary N) is 1. The number of rotatable bonds is 5. The predicted octanol–water partition coefficient (Wildman–Crippen LogP) is 2.17. The van der Waals surface area contributed by atoms with Crippen molar-refractivity contribution in [1.29, 1.82) is 0 Å². The summed E-state index contributed by atoms with van der Waals surface area (Å²) in [7, 11) is 1.63. The highest BCUT2D eigenvalue weighted by Gasteiger charge is 2.26. The van der Waals surface area contributed by atoms with Gasteiger partial charge in [-0.1, -0.05) is 6.07 Å². The summed E-state index contributed by atoms with van der Waals surface area (Å²) < 4.78 is 11.4. The van der Waals surface area contributed by atoms with E-state index in [9.17, 15) is 9.90 Å². The molecule has 0 radical (unpaired) electrons. The fourth-order valence-electron chi connectivity index (χ4n) is 2.72. The minimum atomic E-state index is -0.000387. The fourth-order valence-corrected chi connectivity index (χ4v) is 2.72. The molecule has 0 spiro atoms. The zero-order valence-corrected chi connectivity index (χ0v) is 13.4. The molecule has 126 valence electrons. The first-order valence-electron chi connectivity index (χ1n) is 7.74. The third-order valence-electron chi connectivity index (χ3n) is 4.10. The zero-order valence-electron chi connectivity index (χ0n) is 13.4. The third-order valence-corrected chi connectivity index (χ3v) is 4.10. The van der Waals surface area contributed by atoms with E-state index in [4.69, 9.17) is 15.2 Å². The highest BCUT2D eigenvalue weighted by Crippen LogP contribution is 2.38. The minimum Gasteiger partial charge on any atom is -0.508 e. The van der Waals surface area contributed by atoms with Crippen LogP contribution >= 0.6 is 0 Å². The Labute approximate surface area is 140 Å². The summed E-state index contributed by atoms with van der Waals surface area (Å²) in [5.41, 5.74) is 8.16. The number of amides is 1. The SMILES string of the molecule is CNC(=O)CC1COc2cc(OCc3ccc(O)cc3N)ccc21. The predicted molar refractivity (Wildman–Crippen MR) is 90.2 cm³/mol. The summed E-state index contributed by atoms with van der Waals surface area (Å²) >= 11 is 0. The van der Waals surface area contributed by atoms with Crippen LogP contribution in [0.15, 0.2) is 36.4 Å². The molecule has 1 atom stereocenters. The third kappa shape index (κ3) is 3.37. The summed E-state index contributed by atoms with van der Waals surface area (Å²) in [6.45, 7) is 0.795. The van der Waals surface area contributed by atoms with Gasteiger partial charge in [0.2, 0.25) is 5.91 Å². The number of phenols is 1. The summed E-state index contributed by atoms with van der Waals surface area (Å²) in [6.07, 6.45) is 0.410. The van der Waals surface area contributed by atoms with E-state index in [1.165, 1.54) is 6.07 Å². The van der Waals surface area contributed by atoms with Gasteiger partial charge in [0.1, 0.15) is 23.9 Å². The molecule has 0 saturated heterocycles. The van der Waals surface area contributed by atoms with Crippen LogP contribution in [0.3, 0.4) is 0 Å². The molecule has 3 rings (SSSR count). The molecule has 4 N–H and O–H groups in total. The van der Waals surface area contributed by atoms with Crippen molar-refractivity contribution in [2.45, 2.75) is 18.9 Å². The number of carbonyl (C=O) groups excluding carboxylic acids is 1. The van der Waals surface area contributed by atoms with Crippen LogP contribution in [0.4, 0.5) is 5.69 Å². The minimum absolute atomic E-state index is 0.000387. The van der Waals surface area contributed by atoms with E-state index in [2.05, 4.69) is 5.32 Å². The van der Waals surface area contributed by atoms with Crippen LogP contribution < -0.4 is 20.5 Å². The molecule has 2 aromatic rings. The lowest BCUT2D eigenvalue weighted by atomic mass is 9.97. The van der Waals surface area contributed by atoms with Gasteiger partial charge in [-0.05, 0) is 18.2 Å². The van der Waals surface area contributed by atoms with Gasteiger partial charge in [0.25, 0.3) is 0 Å². The van der Waals surface area contributed by atoms with E-state index < -0.39 is 0 Å². The first-order chi connectivity index (χ1) is 11.6. The van der Waals surface area contributed by atoms with E-state index in [0.717, 1.165) is 16.9 Å². The normalized spacial score (nSPS) is 15.5. The molecule has 6 heteroatoms. The smallest absolute Gasteiger partial charge is 0.220 e. The first-order valence-corrected chi connectivity index (χ1v) is 7.74. The van der Waals surface area contributed by atoms with Gasteiger partial charge in [-0.3, -0.25) is 4.79 Å². The van der Waals surface area contributed by atoms with Gasteiger partial charge in [0.05, 0.1) is 6.61 Å². The van der Waals surface area contributed by atoms with E-state index in [1.807, 2.05) is 18.2 Å². The number of aromatic hydroxyl groups is 1. The lowest BCUT2D eigenvalue weighted by molar-refractivity contribution is -0.121. The average Bonchev–Trinajstić information content (AvgIpc) is 2.96. The van der Waals surface area contributed by atoms with Crippen molar-refractivity contribution in [1.82, 2.24) is 5.32 Å². The van der Waals surface area contributed by atoms with Gasteiger partial charge in [-0.25, -0.2) is 0 Å². The molecule has 1 aliphatic heterocycles. The van der Waals surface area contributed by atoms with Crippen molar-refractivity contribution in [2.75, 3.05) is 19.4 Å². The van der Waals surface area contributed by atoms with Crippen molar-refractivity contribution in [3.63, 3.8) is 0 Å². The number of anilines is 1. The van der Waals surface area contributed by atoms with Crippen LogP contribution in [-0.4, -0.2) is 24.7 Å². The number of ether oxygens (including phenoxy) is 2. The van der Waals surface area contributed by atoms with Crippen molar-refractivity contribution in [3.05, 3.63) is 47.5 Å². The molecule has 0 saturated carbocycles. The Morgan fingerprint density at radius 3 is 2.96 bits per heavy atom. The van der Waals surface area contributed by atoms with E-state index in [0.29, 0.717) is 31.1 Å². The molecule has 1 heterocycles. The molecule has 24 heavy (non-hydrogen) atoms. The van der Waals surface area contributed by atoms with Crippen molar-refractivity contribution < 1.29 is 19.4 Å². The number of fused-ring (bicyclic) bond motifs is 1. The molecule has 1 unspecified atom stereocenters. The van der Waals surface area contributed by atoms with Crippen LogP contribution in [0.25, 0.3) is 0 Å². The van der Waals surface area contributed by atoms with Gasteiger partial charge in [0.15, 0.2) is 0 Å². The molecule has 1 amide bonds. The Hall–Kier alpha value is -2.89. The number of hydrogen-bond donors (Lipinski definition) is 3. The number of phenolic OH excluding ortho intramolecular Hbond substituents is 1. The molecule has 6 nitrogen and oxygen atoms in total. The number of nitrogens with one attached hydrogen (secondary N) is 1. The topological polar surface area (TPSA) is 93.8 Å². The summed E-state index contributed by atoms with van der Waals surface area (Å²) in [6, 6.07) is 10.4. The van der Waals surface area contributed by atoms with Crippen LogP contribution in [0.2, 0.25) is 0 Å². The molecule has 0 aromatic heterocycles. The van der Waals surface area contributed by atoms with Gasteiger partial charge in [0, 0.05) is 48.3 Å². The lowest BCUT2D eigenvalue weighted by Gasteiger charge is -2.11. The first kappa shape index (κ1) is 16.0. The molecular weight excluding hydrogens is 308 g/mol. The van der Waals surface area contributed by atoms with Gasteiger partial charge in [-0.2, -0.15) is 0 Å². The average molecular weight is 328 g/mol. The Balaban J connectivity index is 1.67. The standard InChI is InChI=1S/C18H20N2O4/c1-20-18(22)6-12-10-24-17-8-14(4-5-15(12)17)23-9-11-2-3-13(21)7-16(11)19/h2-5,7-8,12,21H,6,9-10,19H2,1H3,(H,20,22). The van der Waals surface area contributed by atoms with E-state index in [1.54, 1.807) is 19.2 Å². The number of hydrogen-bond acceptors (Lipinski definition) is 5. The second-order valence-electron chi connectivity index (χ2n) is 5.76. The Morgan fingerprint density at radius 1 is 1.38 bits per heavy atom. The van der Waals surface area contributed by atoms with Gasteiger partial charge < -0.3 is 25.6 Å². The van der Waals surface area contributed by atoms with Crippen LogP contribution in [0.1, 0.15) is 23.5 Å². The zero-order chi connectivity index (χ0) is 17.1. The molecule has 2 aromatic carbocycles. The van der Waals surface area contributed by atoms with Gasteiger partial charge >= 0.3 is 0 Å². The van der Waals surface area contributed by atoms with Crippen LogP contribution in [0, 0.1) is 0 Å². The highest BCUT2D eigenvalue weighted by molar-refractivity contribution is 5.77. The van der Waals surface area contributed by atoms with E-state index >= 15 is 0 Å². The maximum Gasteiger partial charge on any atom is 0.220 e. The van der Waals surface area contributed by atoms with E-state index in [-0.39, 0.29) is 17.6 Å². The van der Waals surface area contributed by atoms with Crippen molar-refractivity contribution in [3.8, 4) is 17.2 Å². The van der Waals surface area contributed by atoms with Gasteiger partial charge in [-0.15, -0.1) is 0 Å². The monoisotopic (exact) mass is 328 g/mol. The fraction of sp³-hybridized carbons (Fsp3) is 0.278. The highest BCUT2D eigenvalue weighted by atomic mass is 16.5. The van der Waals surface area contributed by atoms with Crippen molar-refractivity contribution in [2.24, 2.45) is 0 Å². The van der Waals surface area contributed by atoms with Crippen LogP contribution in [-0.2, 0) is 11.4 Å². The second-order valence-corrected chi connectivity index (χ2v) is 5.76. The molecule has 0 fully saturated rings. The molecular formula is C18H20N2O4. The maximum absolute atomic E-state index is 11.5. The Bertz CT molecular complexity index is 761. The van der Waals surface area contributed by atoms with Crippen LogP contribution in [0.5, 0.6) is 17.2 Å². The second kappa shape index (κ2) is 6.70. The largest absolute Gasteiger partial charge is 0.508 e. The molecule has 0 aliphatic carbocycles.